The molecular formula is C24H19F6NO2. The first kappa shape index (κ1) is 23.3. The van der Waals surface area contributed by atoms with E-state index in [2.05, 4.69) is 0 Å². The lowest BCUT2D eigenvalue weighted by Gasteiger charge is -2.16. The van der Waals surface area contributed by atoms with Gasteiger partial charge in [0.05, 0.1) is 13.2 Å². The minimum Gasteiger partial charge on any atom is -0.348 e. The predicted octanol–water partition coefficient (Wildman–Crippen LogP) is 6.22. The van der Waals surface area contributed by atoms with Crippen molar-refractivity contribution in [2.45, 2.75) is 24.9 Å². The molecule has 1 heterocycles. The highest BCUT2D eigenvalue weighted by Crippen LogP contribution is 2.37. The lowest BCUT2D eigenvalue weighted by atomic mass is 9.97. The molecule has 0 spiro atoms. The smallest absolute Gasteiger partial charge is 0.348 e. The van der Waals surface area contributed by atoms with Crippen LogP contribution in [0, 0.1) is 17.5 Å². The van der Waals surface area contributed by atoms with E-state index in [9.17, 15) is 26.3 Å². The van der Waals surface area contributed by atoms with Gasteiger partial charge < -0.3 is 15.2 Å². The monoisotopic (exact) mass is 467 g/mol. The summed E-state index contributed by atoms with van der Waals surface area (Å²) in [6.07, 6.45) is -5.07. The van der Waals surface area contributed by atoms with Crippen LogP contribution < -0.4 is 5.73 Å². The van der Waals surface area contributed by atoms with Crippen molar-refractivity contribution in [3.63, 3.8) is 0 Å². The number of hydrogen-bond acceptors (Lipinski definition) is 3. The van der Waals surface area contributed by atoms with Crippen molar-refractivity contribution < 1.29 is 35.8 Å². The Bertz CT molecular complexity index is 1120. The first-order chi connectivity index (χ1) is 15.6. The summed E-state index contributed by atoms with van der Waals surface area (Å²) < 4.78 is 92.1. The van der Waals surface area contributed by atoms with Gasteiger partial charge in [0.25, 0.3) is 0 Å². The first-order valence-corrected chi connectivity index (χ1v) is 10.1. The molecule has 0 bridgehead atoms. The van der Waals surface area contributed by atoms with Gasteiger partial charge in [-0.05, 0) is 41.3 Å². The number of rotatable bonds is 3. The van der Waals surface area contributed by atoms with E-state index in [0.717, 1.165) is 11.6 Å². The van der Waals surface area contributed by atoms with Gasteiger partial charge in [-0.15, -0.1) is 0 Å². The summed E-state index contributed by atoms with van der Waals surface area (Å²) in [5, 5.41) is 0. The molecule has 4 rings (SSSR count). The van der Waals surface area contributed by atoms with Crippen LogP contribution in [0.2, 0.25) is 0 Å². The fourth-order valence-corrected chi connectivity index (χ4v) is 3.62. The Labute approximate surface area is 185 Å². The molecule has 1 fully saturated rings. The first-order valence-electron chi connectivity index (χ1n) is 10.1. The number of nitrogens with two attached hydrogens (primary N) is 1. The second-order valence-corrected chi connectivity index (χ2v) is 7.71. The second-order valence-electron chi connectivity index (χ2n) is 7.71. The maximum absolute atomic E-state index is 14.8. The minimum atomic E-state index is -5.19. The molecule has 3 aromatic rings. The highest BCUT2D eigenvalue weighted by Gasteiger charge is 2.38. The molecule has 0 amide bonds. The Balaban J connectivity index is 1.58. The van der Waals surface area contributed by atoms with Crippen molar-refractivity contribution in [3.8, 4) is 22.3 Å². The van der Waals surface area contributed by atoms with Crippen molar-refractivity contribution in [1.29, 1.82) is 0 Å². The van der Waals surface area contributed by atoms with Crippen molar-refractivity contribution in [3.05, 3.63) is 83.2 Å². The summed E-state index contributed by atoms with van der Waals surface area (Å²) in [6, 6.07) is 11.8. The summed E-state index contributed by atoms with van der Waals surface area (Å²) in [5.41, 5.74) is 5.18. The van der Waals surface area contributed by atoms with Crippen molar-refractivity contribution in [2.75, 3.05) is 13.2 Å². The lowest BCUT2D eigenvalue weighted by molar-refractivity contribution is -0.142. The molecule has 2 atom stereocenters. The molecule has 9 heteroatoms. The van der Waals surface area contributed by atoms with Gasteiger partial charge >= 0.3 is 6.18 Å². The van der Waals surface area contributed by atoms with Gasteiger partial charge in [-0.3, -0.25) is 0 Å². The Morgan fingerprint density at radius 1 is 0.758 bits per heavy atom. The van der Waals surface area contributed by atoms with Crippen LogP contribution >= 0.6 is 0 Å². The molecule has 3 aromatic carbocycles. The van der Waals surface area contributed by atoms with Gasteiger partial charge in [0.2, 0.25) is 0 Å². The number of alkyl halides is 3. The van der Waals surface area contributed by atoms with E-state index in [1.165, 1.54) is 12.1 Å². The Morgan fingerprint density at radius 3 is 1.97 bits per heavy atom. The Hall–Kier alpha value is -2.88. The average Bonchev–Trinajstić information content (AvgIpc) is 2.96. The molecule has 3 nitrogen and oxygen atoms in total. The zero-order chi connectivity index (χ0) is 23.8. The average molecular weight is 467 g/mol. The largest absolute Gasteiger partial charge is 0.422 e. The summed E-state index contributed by atoms with van der Waals surface area (Å²) >= 11 is 0. The molecule has 2 N–H and O–H groups in total. The van der Waals surface area contributed by atoms with Gasteiger partial charge in [-0.25, -0.2) is 13.2 Å². The van der Waals surface area contributed by atoms with Crippen LogP contribution in [0.15, 0.2) is 54.6 Å². The molecule has 0 aliphatic carbocycles. The predicted molar refractivity (Wildman–Crippen MR) is 109 cm³/mol. The van der Waals surface area contributed by atoms with E-state index in [1.807, 2.05) is 0 Å². The number of benzene rings is 3. The van der Waals surface area contributed by atoms with E-state index in [0.29, 0.717) is 42.9 Å². The highest BCUT2D eigenvalue weighted by molar-refractivity contribution is 5.71. The second kappa shape index (κ2) is 9.17. The molecule has 33 heavy (non-hydrogen) atoms. The fourth-order valence-electron chi connectivity index (χ4n) is 3.62. The van der Waals surface area contributed by atoms with Crippen LogP contribution in [0.4, 0.5) is 26.3 Å². The third-order valence-corrected chi connectivity index (χ3v) is 5.34. The van der Waals surface area contributed by atoms with E-state index in [-0.39, 0.29) is 17.2 Å². The Kier molecular flexibility index (Phi) is 6.47. The molecule has 2 unspecified atom stereocenters. The summed E-state index contributed by atoms with van der Waals surface area (Å²) in [6.45, 7) is 0.829. The Morgan fingerprint density at radius 2 is 1.36 bits per heavy atom. The standard InChI is InChI=1S/C24H19F6NO2/c25-19-9-15(13-1-3-14(4-2-13)23-32-8-7-17(31)12-33-23)5-6-18(19)16-10-20(26)22(21(27)11-16)24(28,29)30/h1-6,9-11,17,23H,7-8,12,31H2. The fraction of sp³-hybridized carbons (Fsp3) is 0.250. The van der Waals surface area contributed by atoms with Crippen LogP contribution in [0.5, 0.6) is 0 Å². The van der Waals surface area contributed by atoms with Crippen molar-refractivity contribution in [1.82, 2.24) is 0 Å². The topological polar surface area (TPSA) is 44.5 Å². The maximum Gasteiger partial charge on any atom is 0.422 e. The maximum atomic E-state index is 14.8. The summed E-state index contributed by atoms with van der Waals surface area (Å²) in [4.78, 5) is 0. The third kappa shape index (κ3) is 5.05. The third-order valence-electron chi connectivity index (χ3n) is 5.34. The van der Waals surface area contributed by atoms with Gasteiger partial charge in [0.1, 0.15) is 23.0 Å². The summed E-state index contributed by atoms with van der Waals surface area (Å²) in [5.74, 6) is -4.44. The van der Waals surface area contributed by atoms with Crippen LogP contribution in [-0.2, 0) is 15.7 Å². The molecule has 0 radical (unpaired) electrons. The van der Waals surface area contributed by atoms with Crippen LogP contribution in [0.25, 0.3) is 22.3 Å². The van der Waals surface area contributed by atoms with E-state index in [4.69, 9.17) is 15.2 Å². The van der Waals surface area contributed by atoms with Gasteiger partial charge in [0, 0.05) is 17.2 Å². The molecule has 1 saturated heterocycles. The molecule has 0 aromatic heterocycles. The highest BCUT2D eigenvalue weighted by atomic mass is 19.4. The van der Waals surface area contributed by atoms with E-state index >= 15 is 0 Å². The van der Waals surface area contributed by atoms with Crippen LogP contribution in [0.1, 0.15) is 23.8 Å². The van der Waals surface area contributed by atoms with Gasteiger partial charge in [-0.2, -0.15) is 13.2 Å². The molecule has 1 aliphatic heterocycles. The quantitative estimate of drug-likeness (QED) is 0.465. The zero-order valence-electron chi connectivity index (χ0n) is 17.1. The van der Waals surface area contributed by atoms with Crippen molar-refractivity contribution in [2.24, 2.45) is 5.73 Å². The number of ether oxygens (including phenoxy) is 2. The van der Waals surface area contributed by atoms with E-state index < -0.39 is 35.5 Å². The van der Waals surface area contributed by atoms with Crippen LogP contribution in [0.3, 0.4) is 0 Å². The minimum absolute atomic E-state index is 0.0950. The van der Waals surface area contributed by atoms with Gasteiger partial charge in [-0.1, -0.05) is 36.4 Å². The summed E-state index contributed by atoms with van der Waals surface area (Å²) in [7, 11) is 0. The normalized spacial score (nSPS) is 19.4. The molecule has 174 valence electrons. The van der Waals surface area contributed by atoms with Crippen LogP contribution in [-0.4, -0.2) is 19.3 Å². The lowest BCUT2D eigenvalue weighted by Crippen LogP contribution is -2.25. The zero-order valence-corrected chi connectivity index (χ0v) is 17.1. The molecular weight excluding hydrogens is 448 g/mol. The van der Waals surface area contributed by atoms with Gasteiger partial charge in [0.15, 0.2) is 6.29 Å². The molecule has 1 aliphatic rings. The van der Waals surface area contributed by atoms with E-state index in [1.54, 1.807) is 24.3 Å². The molecule has 0 saturated carbocycles. The SMILES string of the molecule is NC1CCOC(c2ccc(-c3ccc(-c4cc(F)c(C(F)(F)F)c(F)c4)c(F)c3)cc2)OC1. The number of halogens is 6. The number of hydrogen-bond donors (Lipinski definition) is 1. The van der Waals surface area contributed by atoms with Crippen molar-refractivity contribution >= 4 is 0 Å².